The molecule has 0 amide bonds. The summed E-state index contributed by atoms with van der Waals surface area (Å²) in [5.74, 6) is 1.87. The lowest BCUT2D eigenvalue weighted by Gasteiger charge is -2.26. The van der Waals surface area contributed by atoms with Crippen LogP contribution in [-0.2, 0) is 0 Å². The molecule has 0 spiro atoms. The summed E-state index contributed by atoms with van der Waals surface area (Å²) in [5, 5.41) is 0. The molecule has 0 atom stereocenters. The van der Waals surface area contributed by atoms with Crippen molar-refractivity contribution >= 4 is 0 Å². The molecule has 1 fully saturated rings. The monoisotopic (exact) mass is 201 g/mol. The van der Waals surface area contributed by atoms with Gasteiger partial charge in [0.25, 0.3) is 0 Å². The molecule has 0 saturated heterocycles. The second-order valence-electron chi connectivity index (χ2n) is 3.53. The Hall–Kier alpha value is -0.0400. The predicted octanol–water partition coefficient (Wildman–Crippen LogP) is 4.21. The summed E-state index contributed by atoms with van der Waals surface area (Å²) in [6.45, 7) is 11.2. The van der Waals surface area contributed by atoms with E-state index >= 15 is 0 Å². The third-order valence-corrected chi connectivity index (χ3v) is 2.88. The minimum atomic E-state index is 0.850. The van der Waals surface area contributed by atoms with E-state index in [1.807, 2.05) is 27.7 Å². The van der Waals surface area contributed by atoms with Crippen LogP contribution in [0.1, 0.15) is 66.7 Å². The molecule has 0 radical (unpaired) electrons. The highest BCUT2D eigenvalue weighted by Gasteiger charge is 2.17. The smallest absolute Gasteiger partial charge is 0.00489 e. The van der Waals surface area contributed by atoms with Crippen molar-refractivity contribution < 1.29 is 0 Å². The van der Waals surface area contributed by atoms with Crippen LogP contribution in [0.5, 0.6) is 0 Å². The molecule has 1 saturated carbocycles. The molecule has 1 aliphatic carbocycles. The van der Waals surface area contributed by atoms with Crippen molar-refractivity contribution in [2.75, 3.05) is 6.54 Å². The Kier molecular flexibility index (Phi) is 15.2. The summed E-state index contributed by atoms with van der Waals surface area (Å²) in [4.78, 5) is 0. The molecule has 88 valence electrons. The van der Waals surface area contributed by atoms with Gasteiger partial charge in [-0.25, -0.2) is 0 Å². The summed E-state index contributed by atoms with van der Waals surface area (Å²) < 4.78 is 0. The van der Waals surface area contributed by atoms with E-state index in [0.717, 1.165) is 18.4 Å². The SMILES string of the molecule is CC.CC.CCC1CCC(CN)CC1. The van der Waals surface area contributed by atoms with Crippen LogP contribution in [0.15, 0.2) is 0 Å². The lowest BCUT2D eigenvalue weighted by Crippen LogP contribution is -2.20. The fourth-order valence-electron chi connectivity index (χ4n) is 1.88. The zero-order valence-corrected chi connectivity index (χ0v) is 11.0. The minimum Gasteiger partial charge on any atom is -0.330 e. The van der Waals surface area contributed by atoms with Crippen LogP contribution in [0.3, 0.4) is 0 Å². The summed E-state index contributed by atoms with van der Waals surface area (Å²) >= 11 is 0. The Morgan fingerprint density at radius 3 is 1.50 bits per heavy atom. The van der Waals surface area contributed by atoms with Gasteiger partial charge in [0.1, 0.15) is 0 Å². The van der Waals surface area contributed by atoms with Gasteiger partial charge < -0.3 is 5.73 Å². The fourth-order valence-corrected chi connectivity index (χ4v) is 1.88. The second-order valence-corrected chi connectivity index (χ2v) is 3.53. The first-order chi connectivity index (χ1) is 6.86. The van der Waals surface area contributed by atoms with Crippen LogP contribution in [0.25, 0.3) is 0 Å². The van der Waals surface area contributed by atoms with Gasteiger partial charge in [0, 0.05) is 0 Å². The number of hydrogen-bond acceptors (Lipinski definition) is 1. The summed E-state index contributed by atoms with van der Waals surface area (Å²) in [5.41, 5.74) is 5.59. The largest absolute Gasteiger partial charge is 0.330 e. The maximum atomic E-state index is 5.59. The van der Waals surface area contributed by atoms with E-state index in [0.29, 0.717) is 0 Å². The third kappa shape index (κ3) is 7.37. The average molecular weight is 201 g/mol. The first-order valence-electron chi connectivity index (χ1n) is 6.56. The number of rotatable bonds is 2. The van der Waals surface area contributed by atoms with Gasteiger partial charge in [0.15, 0.2) is 0 Å². The zero-order valence-electron chi connectivity index (χ0n) is 11.0. The molecular formula is C13H31N. The van der Waals surface area contributed by atoms with Gasteiger partial charge in [0.2, 0.25) is 0 Å². The third-order valence-electron chi connectivity index (χ3n) is 2.88. The molecule has 1 aliphatic rings. The van der Waals surface area contributed by atoms with Crippen LogP contribution in [0.4, 0.5) is 0 Å². The molecule has 0 unspecified atom stereocenters. The van der Waals surface area contributed by atoms with E-state index < -0.39 is 0 Å². The minimum absolute atomic E-state index is 0.850. The summed E-state index contributed by atoms with van der Waals surface area (Å²) in [7, 11) is 0. The van der Waals surface area contributed by atoms with E-state index in [-0.39, 0.29) is 0 Å². The molecule has 0 aromatic carbocycles. The fraction of sp³-hybridized carbons (Fsp3) is 1.00. The molecule has 1 nitrogen and oxygen atoms in total. The zero-order chi connectivity index (χ0) is 11.4. The van der Waals surface area contributed by atoms with Gasteiger partial charge in [-0.3, -0.25) is 0 Å². The Morgan fingerprint density at radius 2 is 1.21 bits per heavy atom. The van der Waals surface area contributed by atoms with Crippen molar-refractivity contribution in [3.8, 4) is 0 Å². The summed E-state index contributed by atoms with van der Waals surface area (Å²) in [6, 6.07) is 0. The molecule has 0 aliphatic heterocycles. The Labute approximate surface area is 91.5 Å². The highest BCUT2D eigenvalue weighted by molar-refractivity contribution is 4.71. The van der Waals surface area contributed by atoms with E-state index in [1.54, 1.807) is 0 Å². The van der Waals surface area contributed by atoms with Gasteiger partial charge in [0.05, 0.1) is 0 Å². The van der Waals surface area contributed by atoms with Gasteiger partial charge in [-0.15, -0.1) is 0 Å². The predicted molar refractivity (Wildman–Crippen MR) is 67.5 cm³/mol. The molecule has 1 heteroatoms. The molecule has 0 aromatic rings. The van der Waals surface area contributed by atoms with Crippen molar-refractivity contribution in [2.24, 2.45) is 17.6 Å². The van der Waals surface area contributed by atoms with Crippen LogP contribution in [0, 0.1) is 11.8 Å². The topological polar surface area (TPSA) is 26.0 Å². The van der Waals surface area contributed by atoms with Crippen molar-refractivity contribution in [1.82, 2.24) is 0 Å². The van der Waals surface area contributed by atoms with Crippen LogP contribution < -0.4 is 5.73 Å². The van der Waals surface area contributed by atoms with Gasteiger partial charge in [-0.2, -0.15) is 0 Å². The molecule has 14 heavy (non-hydrogen) atoms. The van der Waals surface area contributed by atoms with Crippen LogP contribution in [0.2, 0.25) is 0 Å². The maximum absolute atomic E-state index is 5.59. The Balaban J connectivity index is 0. The normalized spacial score (nSPS) is 25.3. The average Bonchev–Trinajstić information content (AvgIpc) is 2.34. The van der Waals surface area contributed by atoms with Crippen LogP contribution in [-0.4, -0.2) is 6.54 Å². The van der Waals surface area contributed by atoms with Crippen molar-refractivity contribution in [3.63, 3.8) is 0 Å². The highest BCUT2D eigenvalue weighted by atomic mass is 14.5. The standard InChI is InChI=1S/C9H19N.2C2H6/c1-2-8-3-5-9(7-10)6-4-8;2*1-2/h8-9H,2-7,10H2,1H3;2*1-2H3. The lowest BCUT2D eigenvalue weighted by atomic mass is 9.81. The summed E-state index contributed by atoms with van der Waals surface area (Å²) in [6.07, 6.45) is 7.00. The van der Waals surface area contributed by atoms with Crippen molar-refractivity contribution in [2.45, 2.75) is 66.7 Å². The van der Waals surface area contributed by atoms with Gasteiger partial charge in [-0.05, 0) is 31.2 Å². The van der Waals surface area contributed by atoms with Crippen molar-refractivity contribution in [1.29, 1.82) is 0 Å². The lowest BCUT2D eigenvalue weighted by molar-refractivity contribution is 0.274. The maximum Gasteiger partial charge on any atom is -0.00489 e. The first-order valence-corrected chi connectivity index (χ1v) is 6.56. The quantitative estimate of drug-likeness (QED) is 0.711. The molecule has 2 N–H and O–H groups in total. The Morgan fingerprint density at radius 1 is 0.857 bits per heavy atom. The van der Waals surface area contributed by atoms with Crippen LogP contribution >= 0.6 is 0 Å². The van der Waals surface area contributed by atoms with E-state index in [9.17, 15) is 0 Å². The van der Waals surface area contributed by atoms with Gasteiger partial charge >= 0.3 is 0 Å². The second kappa shape index (κ2) is 13.0. The van der Waals surface area contributed by atoms with Crippen molar-refractivity contribution in [3.05, 3.63) is 0 Å². The molecule has 0 heterocycles. The van der Waals surface area contributed by atoms with E-state index in [1.165, 1.54) is 32.1 Å². The number of nitrogens with two attached hydrogens (primary N) is 1. The van der Waals surface area contributed by atoms with E-state index in [2.05, 4.69) is 6.92 Å². The number of hydrogen-bond donors (Lipinski definition) is 1. The molecular weight excluding hydrogens is 170 g/mol. The molecule has 0 bridgehead atoms. The Bertz CT molecular complexity index is 71.2. The van der Waals surface area contributed by atoms with E-state index in [4.69, 9.17) is 5.73 Å². The molecule has 1 rings (SSSR count). The van der Waals surface area contributed by atoms with Gasteiger partial charge in [-0.1, -0.05) is 53.9 Å². The first kappa shape index (κ1) is 16.4. The highest BCUT2D eigenvalue weighted by Crippen LogP contribution is 2.29. The molecule has 0 aromatic heterocycles.